The van der Waals surface area contributed by atoms with Crippen molar-refractivity contribution in [3.05, 3.63) is 46.1 Å². The van der Waals surface area contributed by atoms with E-state index in [0.29, 0.717) is 16.7 Å². The largest absolute Gasteiger partial charge is 0.465 e. The Morgan fingerprint density at radius 3 is 3.05 bits per heavy atom. The predicted octanol–water partition coefficient (Wildman–Crippen LogP) is 3.08. The lowest BCUT2D eigenvalue weighted by Crippen LogP contribution is -2.19. The second-order valence-electron chi connectivity index (χ2n) is 4.28. The molecule has 110 valence electrons. The molecule has 0 saturated carbocycles. The Balaban J connectivity index is 1.97. The van der Waals surface area contributed by atoms with Crippen molar-refractivity contribution in [2.45, 2.75) is 20.4 Å². The molecule has 0 saturated heterocycles. The maximum Gasteiger partial charge on any atom is 0.293 e. The van der Waals surface area contributed by atoms with E-state index >= 15 is 0 Å². The summed E-state index contributed by atoms with van der Waals surface area (Å²) < 4.78 is 7.50. The number of allylic oxidation sites excluding steroid dienone is 1. The van der Waals surface area contributed by atoms with Crippen LogP contribution in [0, 0.1) is 0 Å². The van der Waals surface area contributed by atoms with Crippen LogP contribution in [0.15, 0.2) is 44.2 Å². The Hall–Kier alpha value is -2.15. The van der Waals surface area contributed by atoms with Crippen molar-refractivity contribution in [1.29, 1.82) is 0 Å². The lowest BCUT2D eigenvalue weighted by atomic mass is 10.3. The Bertz CT molecular complexity index is 671. The van der Waals surface area contributed by atoms with Crippen LogP contribution in [0.5, 0.6) is 0 Å². The number of carbonyl (C=O) groups is 1. The topological polar surface area (TPSA) is 72.4 Å². The summed E-state index contributed by atoms with van der Waals surface area (Å²) in [6, 6.07) is 3.64. The summed E-state index contributed by atoms with van der Waals surface area (Å²) in [7, 11) is 0. The van der Waals surface area contributed by atoms with Crippen molar-refractivity contribution in [2.75, 3.05) is 0 Å². The highest BCUT2D eigenvalue weighted by atomic mass is 79.9. The zero-order chi connectivity index (χ0) is 15.2. The normalized spacial score (nSPS) is 12.0. The minimum atomic E-state index is -0.365. The predicted molar refractivity (Wildman–Crippen MR) is 83.9 cm³/mol. The van der Waals surface area contributed by atoms with Gasteiger partial charge in [0.05, 0.1) is 17.0 Å². The SMILES string of the molecule is CCn1cc(Br)c(C(=O)N/N=C\C(C)=C\c2ccco2)n1. The number of carbonyl (C=O) groups excluding carboxylic acids is 1. The summed E-state index contributed by atoms with van der Waals surface area (Å²) in [6.45, 7) is 4.50. The van der Waals surface area contributed by atoms with Crippen molar-refractivity contribution in [2.24, 2.45) is 5.10 Å². The van der Waals surface area contributed by atoms with E-state index in [1.54, 1.807) is 29.4 Å². The molecule has 2 heterocycles. The minimum Gasteiger partial charge on any atom is -0.465 e. The number of hydrogen-bond donors (Lipinski definition) is 1. The first-order valence-corrected chi connectivity index (χ1v) is 7.17. The van der Waals surface area contributed by atoms with E-state index in [1.807, 2.05) is 26.0 Å². The number of hydrogen-bond acceptors (Lipinski definition) is 4. The van der Waals surface area contributed by atoms with Crippen LogP contribution >= 0.6 is 15.9 Å². The molecule has 0 aliphatic heterocycles. The van der Waals surface area contributed by atoms with Crippen LogP contribution in [-0.2, 0) is 6.54 Å². The van der Waals surface area contributed by atoms with Gasteiger partial charge >= 0.3 is 0 Å². The first kappa shape index (κ1) is 15.2. The number of nitrogens with one attached hydrogen (secondary N) is 1. The molecular weight excluding hydrogens is 336 g/mol. The van der Waals surface area contributed by atoms with Crippen LogP contribution in [0.2, 0.25) is 0 Å². The molecule has 0 aliphatic rings. The number of hydrazone groups is 1. The van der Waals surface area contributed by atoms with Crippen molar-refractivity contribution in [3.63, 3.8) is 0 Å². The first-order valence-electron chi connectivity index (χ1n) is 6.38. The summed E-state index contributed by atoms with van der Waals surface area (Å²) in [5, 5.41) is 8.04. The van der Waals surface area contributed by atoms with E-state index in [0.717, 1.165) is 11.3 Å². The van der Waals surface area contributed by atoms with E-state index in [1.165, 1.54) is 0 Å². The molecule has 0 radical (unpaired) electrons. The van der Waals surface area contributed by atoms with Gasteiger partial charge in [-0.05, 0) is 53.6 Å². The maximum absolute atomic E-state index is 11.9. The average molecular weight is 351 g/mol. The van der Waals surface area contributed by atoms with Crippen LogP contribution in [0.3, 0.4) is 0 Å². The van der Waals surface area contributed by atoms with Gasteiger partial charge in [0, 0.05) is 12.7 Å². The molecule has 0 fully saturated rings. The minimum absolute atomic E-state index is 0.307. The third-order valence-corrected chi connectivity index (χ3v) is 3.18. The van der Waals surface area contributed by atoms with E-state index in [-0.39, 0.29) is 5.91 Å². The molecule has 0 atom stereocenters. The monoisotopic (exact) mass is 350 g/mol. The standard InChI is InChI=1S/C14H15BrN4O2/c1-3-19-9-12(15)13(18-19)14(20)17-16-8-10(2)7-11-5-4-6-21-11/h4-9H,3H2,1-2H3,(H,17,20)/b10-7+,16-8-. The van der Waals surface area contributed by atoms with Gasteiger partial charge in [0.1, 0.15) is 5.76 Å². The van der Waals surface area contributed by atoms with Gasteiger partial charge in [-0.3, -0.25) is 9.48 Å². The molecule has 21 heavy (non-hydrogen) atoms. The summed E-state index contributed by atoms with van der Waals surface area (Å²) in [6.07, 6.45) is 6.71. The van der Waals surface area contributed by atoms with Crippen LogP contribution in [0.4, 0.5) is 0 Å². The Morgan fingerprint density at radius 2 is 2.43 bits per heavy atom. The molecule has 0 bridgehead atoms. The quantitative estimate of drug-likeness (QED) is 0.665. The van der Waals surface area contributed by atoms with Gasteiger partial charge in [0.15, 0.2) is 5.69 Å². The zero-order valence-electron chi connectivity index (χ0n) is 11.7. The second-order valence-corrected chi connectivity index (χ2v) is 5.14. The molecule has 6 nitrogen and oxygen atoms in total. The smallest absolute Gasteiger partial charge is 0.293 e. The van der Waals surface area contributed by atoms with Gasteiger partial charge < -0.3 is 4.42 Å². The van der Waals surface area contributed by atoms with Gasteiger partial charge in [0.2, 0.25) is 0 Å². The first-order chi connectivity index (χ1) is 10.1. The summed E-state index contributed by atoms with van der Waals surface area (Å²) in [5.74, 6) is 0.367. The van der Waals surface area contributed by atoms with Gasteiger partial charge in [-0.1, -0.05) is 0 Å². The highest BCUT2D eigenvalue weighted by molar-refractivity contribution is 9.10. The van der Waals surface area contributed by atoms with Crippen molar-refractivity contribution < 1.29 is 9.21 Å². The molecule has 1 N–H and O–H groups in total. The van der Waals surface area contributed by atoms with Crippen LogP contribution in [0.1, 0.15) is 30.1 Å². The van der Waals surface area contributed by atoms with E-state index in [9.17, 15) is 4.79 Å². The van der Waals surface area contributed by atoms with Gasteiger partial charge in [-0.15, -0.1) is 0 Å². The molecule has 0 unspecified atom stereocenters. The van der Waals surface area contributed by atoms with Crippen LogP contribution in [-0.4, -0.2) is 21.9 Å². The van der Waals surface area contributed by atoms with Gasteiger partial charge in [-0.2, -0.15) is 10.2 Å². The number of aryl methyl sites for hydroxylation is 1. The average Bonchev–Trinajstić information content (AvgIpc) is 3.07. The fourth-order valence-electron chi connectivity index (χ4n) is 1.59. The number of amides is 1. The molecule has 0 aliphatic carbocycles. The molecular formula is C14H15BrN4O2. The lowest BCUT2D eigenvalue weighted by molar-refractivity contribution is 0.0948. The molecule has 0 spiro atoms. The van der Waals surface area contributed by atoms with Crippen LogP contribution < -0.4 is 5.43 Å². The molecule has 1 amide bonds. The number of nitrogens with zero attached hydrogens (tertiary/aromatic N) is 3. The Morgan fingerprint density at radius 1 is 1.62 bits per heavy atom. The molecule has 2 rings (SSSR count). The molecule has 2 aromatic rings. The number of furan rings is 1. The number of aromatic nitrogens is 2. The Labute approximate surface area is 130 Å². The third kappa shape index (κ3) is 4.16. The second kappa shape index (κ2) is 7.03. The van der Waals surface area contributed by atoms with Crippen LogP contribution in [0.25, 0.3) is 6.08 Å². The Kier molecular flexibility index (Phi) is 5.10. The molecule has 0 aromatic carbocycles. The number of halogens is 1. The zero-order valence-corrected chi connectivity index (χ0v) is 13.3. The van der Waals surface area contributed by atoms with Gasteiger partial charge in [-0.25, -0.2) is 5.43 Å². The number of rotatable bonds is 5. The highest BCUT2D eigenvalue weighted by Crippen LogP contribution is 2.14. The van der Waals surface area contributed by atoms with Crippen molar-refractivity contribution >= 4 is 34.1 Å². The third-order valence-electron chi connectivity index (χ3n) is 2.60. The summed E-state index contributed by atoms with van der Waals surface area (Å²) in [4.78, 5) is 11.9. The molecule has 7 heteroatoms. The van der Waals surface area contributed by atoms with E-state index in [4.69, 9.17) is 4.42 Å². The summed E-state index contributed by atoms with van der Waals surface area (Å²) >= 11 is 3.30. The summed E-state index contributed by atoms with van der Waals surface area (Å²) in [5.41, 5.74) is 3.60. The maximum atomic E-state index is 11.9. The van der Waals surface area contributed by atoms with E-state index in [2.05, 4.69) is 31.6 Å². The molecule has 2 aromatic heterocycles. The van der Waals surface area contributed by atoms with Gasteiger partial charge in [0.25, 0.3) is 5.91 Å². The van der Waals surface area contributed by atoms with E-state index < -0.39 is 0 Å². The fraction of sp³-hybridized carbons (Fsp3) is 0.214. The van der Waals surface area contributed by atoms with Crippen molar-refractivity contribution in [1.82, 2.24) is 15.2 Å². The fourth-order valence-corrected chi connectivity index (χ4v) is 2.09. The lowest BCUT2D eigenvalue weighted by Gasteiger charge is -1.96. The van der Waals surface area contributed by atoms with Crippen molar-refractivity contribution in [3.8, 4) is 0 Å². The highest BCUT2D eigenvalue weighted by Gasteiger charge is 2.13.